The van der Waals surface area contributed by atoms with Gasteiger partial charge in [-0.15, -0.1) is 0 Å². The van der Waals surface area contributed by atoms with Gasteiger partial charge in [-0.1, -0.05) is 30.3 Å². The number of hydrogen-bond donors (Lipinski definition) is 1. The highest BCUT2D eigenvalue weighted by atomic mass is 19.4. The van der Waals surface area contributed by atoms with Crippen molar-refractivity contribution in [1.29, 1.82) is 0 Å². The molecule has 1 aliphatic rings. The van der Waals surface area contributed by atoms with Crippen LogP contribution in [-0.2, 0) is 4.74 Å². The Morgan fingerprint density at radius 3 is 2.60 bits per heavy atom. The van der Waals surface area contributed by atoms with Gasteiger partial charge < -0.3 is 10.1 Å². The highest BCUT2D eigenvalue weighted by Gasteiger charge is 2.35. The average molecular weight is 284 g/mol. The predicted molar refractivity (Wildman–Crippen MR) is 70.4 cm³/mol. The molecule has 0 unspecified atom stereocenters. The number of halogens is 3. The lowest BCUT2D eigenvalue weighted by Gasteiger charge is -2.20. The van der Waals surface area contributed by atoms with Gasteiger partial charge in [0, 0.05) is 12.1 Å². The maximum absolute atomic E-state index is 13.0. The van der Waals surface area contributed by atoms with E-state index in [1.54, 1.807) is 31.2 Å². The Hall–Kier alpha value is -1.98. The van der Waals surface area contributed by atoms with E-state index in [2.05, 4.69) is 10.3 Å². The van der Waals surface area contributed by atoms with Gasteiger partial charge in [0.15, 0.2) is 0 Å². The molecule has 1 aromatic rings. The normalized spacial score (nSPS) is 17.4. The predicted octanol–water partition coefficient (Wildman–Crippen LogP) is 3.21. The molecule has 0 aromatic heterocycles. The van der Waals surface area contributed by atoms with Crippen LogP contribution in [0.2, 0.25) is 0 Å². The summed E-state index contributed by atoms with van der Waals surface area (Å²) in [5.41, 5.74) is -0.0774. The number of benzene rings is 1. The van der Waals surface area contributed by atoms with Crippen molar-refractivity contribution >= 4 is 5.90 Å². The summed E-state index contributed by atoms with van der Waals surface area (Å²) in [6.07, 6.45) is -3.57. The van der Waals surface area contributed by atoms with Gasteiger partial charge in [0.1, 0.15) is 12.3 Å². The fourth-order valence-electron chi connectivity index (χ4n) is 1.83. The summed E-state index contributed by atoms with van der Waals surface area (Å²) in [7, 11) is 0. The van der Waals surface area contributed by atoms with Gasteiger partial charge in [-0.05, 0) is 12.5 Å². The van der Waals surface area contributed by atoms with Crippen LogP contribution in [0.15, 0.2) is 47.1 Å². The van der Waals surface area contributed by atoms with E-state index in [0.717, 1.165) is 11.6 Å². The van der Waals surface area contributed by atoms with Crippen LogP contribution < -0.4 is 5.32 Å². The maximum atomic E-state index is 13.0. The summed E-state index contributed by atoms with van der Waals surface area (Å²) in [6.45, 7) is 2.39. The van der Waals surface area contributed by atoms with Crippen molar-refractivity contribution in [2.45, 2.75) is 19.1 Å². The average Bonchev–Trinajstić information content (AvgIpc) is 2.91. The first-order valence-electron chi connectivity index (χ1n) is 6.24. The molecule has 1 aromatic carbocycles. The minimum atomic E-state index is -4.47. The van der Waals surface area contributed by atoms with Crippen LogP contribution in [-0.4, -0.2) is 25.2 Å². The zero-order chi connectivity index (χ0) is 14.6. The Morgan fingerprint density at radius 1 is 1.35 bits per heavy atom. The molecule has 6 heteroatoms. The van der Waals surface area contributed by atoms with Crippen molar-refractivity contribution in [3.8, 4) is 0 Å². The molecule has 2 rings (SSSR count). The van der Waals surface area contributed by atoms with Crippen LogP contribution >= 0.6 is 0 Å². The quantitative estimate of drug-likeness (QED) is 0.921. The third-order valence-corrected chi connectivity index (χ3v) is 2.85. The minimum absolute atomic E-state index is 0.0186. The van der Waals surface area contributed by atoms with E-state index in [9.17, 15) is 13.2 Å². The number of nitrogens with one attached hydrogen (secondary N) is 1. The van der Waals surface area contributed by atoms with Gasteiger partial charge in [-0.2, -0.15) is 13.2 Å². The van der Waals surface area contributed by atoms with E-state index in [4.69, 9.17) is 4.74 Å². The standard InChI is InChI=1S/C14H15F3N2O/c1-10(11-5-3-2-4-6-11)19-12(14(15,16)17)9-13-18-7-8-20-13/h2-6,9-10,19H,7-8H2,1H3/b12-9-/t10-/m1/s1. The number of hydrogen-bond acceptors (Lipinski definition) is 3. The Balaban J connectivity index is 2.16. The van der Waals surface area contributed by atoms with E-state index in [1.165, 1.54) is 0 Å². The Morgan fingerprint density at radius 2 is 2.05 bits per heavy atom. The van der Waals surface area contributed by atoms with Crippen LogP contribution in [0.3, 0.4) is 0 Å². The first-order valence-corrected chi connectivity index (χ1v) is 6.24. The Labute approximate surface area is 115 Å². The molecule has 0 radical (unpaired) electrons. The van der Waals surface area contributed by atoms with Crippen LogP contribution in [0.5, 0.6) is 0 Å². The summed E-state index contributed by atoms with van der Waals surface area (Å²) in [4.78, 5) is 3.85. The summed E-state index contributed by atoms with van der Waals surface area (Å²) >= 11 is 0. The van der Waals surface area contributed by atoms with Crippen molar-refractivity contribution in [1.82, 2.24) is 5.32 Å². The van der Waals surface area contributed by atoms with Gasteiger partial charge in [0.2, 0.25) is 5.90 Å². The molecule has 1 atom stereocenters. The van der Waals surface area contributed by atoms with Gasteiger partial charge >= 0.3 is 6.18 Å². The highest BCUT2D eigenvalue weighted by molar-refractivity contribution is 5.89. The fourth-order valence-corrected chi connectivity index (χ4v) is 1.83. The summed E-state index contributed by atoms with van der Waals surface area (Å²) < 4.78 is 44.0. The third-order valence-electron chi connectivity index (χ3n) is 2.85. The summed E-state index contributed by atoms with van der Waals surface area (Å²) in [5.74, 6) is 0.0186. The van der Waals surface area contributed by atoms with Crippen LogP contribution in [0, 0.1) is 0 Å². The van der Waals surface area contributed by atoms with E-state index >= 15 is 0 Å². The molecule has 20 heavy (non-hydrogen) atoms. The van der Waals surface area contributed by atoms with Gasteiger partial charge in [-0.3, -0.25) is 0 Å². The second kappa shape index (κ2) is 5.98. The molecule has 0 fully saturated rings. The summed E-state index contributed by atoms with van der Waals surface area (Å²) in [5, 5.41) is 2.48. The van der Waals surface area contributed by atoms with Crippen molar-refractivity contribution in [2.24, 2.45) is 4.99 Å². The topological polar surface area (TPSA) is 33.6 Å². The monoisotopic (exact) mass is 284 g/mol. The zero-order valence-electron chi connectivity index (χ0n) is 10.9. The van der Waals surface area contributed by atoms with E-state index in [0.29, 0.717) is 13.2 Å². The number of allylic oxidation sites excluding steroid dienone is 1. The molecule has 1 heterocycles. The lowest BCUT2D eigenvalue weighted by molar-refractivity contribution is -0.0976. The summed E-state index contributed by atoms with van der Waals surface area (Å²) in [6, 6.07) is 8.47. The number of nitrogens with zero attached hydrogens (tertiary/aromatic N) is 1. The highest BCUT2D eigenvalue weighted by Crippen LogP contribution is 2.26. The Bertz CT molecular complexity index is 509. The largest absolute Gasteiger partial charge is 0.476 e. The van der Waals surface area contributed by atoms with Crippen LogP contribution in [0.25, 0.3) is 0 Å². The first kappa shape index (κ1) is 14.4. The van der Waals surface area contributed by atoms with Gasteiger partial charge in [0.05, 0.1) is 6.54 Å². The van der Waals surface area contributed by atoms with Crippen molar-refractivity contribution in [3.05, 3.63) is 47.7 Å². The van der Waals surface area contributed by atoms with Crippen LogP contribution in [0.1, 0.15) is 18.5 Å². The van der Waals surface area contributed by atoms with Crippen molar-refractivity contribution in [3.63, 3.8) is 0 Å². The van der Waals surface area contributed by atoms with Gasteiger partial charge in [-0.25, -0.2) is 4.99 Å². The van der Waals surface area contributed by atoms with Crippen LogP contribution in [0.4, 0.5) is 13.2 Å². The zero-order valence-corrected chi connectivity index (χ0v) is 10.9. The lowest BCUT2D eigenvalue weighted by Crippen LogP contribution is -2.29. The smallest absolute Gasteiger partial charge is 0.431 e. The first-order chi connectivity index (χ1) is 9.47. The van der Waals surface area contributed by atoms with E-state index < -0.39 is 17.9 Å². The Kier molecular flexibility index (Phi) is 4.32. The number of aliphatic imine (C=N–C) groups is 1. The molecular formula is C14H15F3N2O. The maximum Gasteiger partial charge on any atom is 0.431 e. The molecule has 1 aliphatic heterocycles. The second-order valence-corrected chi connectivity index (χ2v) is 4.40. The molecular weight excluding hydrogens is 269 g/mol. The minimum Gasteiger partial charge on any atom is -0.476 e. The van der Waals surface area contributed by atoms with E-state index in [-0.39, 0.29) is 5.90 Å². The molecule has 0 bridgehead atoms. The number of ether oxygens (including phenoxy) is 1. The third kappa shape index (κ3) is 3.76. The molecule has 0 saturated heterocycles. The van der Waals surface area contributed by atoms with Crippen molar-refractivity contribution in [2.75, 3.05) is 13.2 Å². The molecule has 0 spiro atoms. The van der Waals surface area contributed by atoms with Gasteiger partial charge in [0.25, 0.3) is 0 Å². The number of alkyl halides is 3. The molecule has 0 saturated carbocycles. The molecule has 3 nitrogen and oxygen atoms in total. The number of rotatable bonds is 4. The molecule has 108 valence electrons. The van der Waals surface area contributed by atoms with Crippen molar-refractivity contribution < 1.29 is 17.9 Å². The SMILES string of the molecule is C[C@@H](N/C(=C\C1=NCCO1)C(F)(F)F)c1ccccc1. The second-order valence-electron chi connectivity index (χ2n) is 4.40. The molecule has 0 amide bonds. The molecule has 1 N–H and O–H groups in total. The lowest BCUT2D eigenvalue weighted by atomic mass is 10.1. The van der Waals surface area contributed by atoms with E-state index in [1.807, 2.05) is 6.07 Å². The fraction of sp³-hybridized carbons (Fsp3) is 0.357. The molecule has 0 aliphatic carbocycles.